The van der Waals surface area contributed by atoms with Crippen molar-refractivity contribution in [3.8, 4) is 5.75 Å². The number of carbonyl (C=O) groups excluding carboxylic acids is 3. The molecule has 0 aliphatic carbocycles. The monoisotopic (exact) mass is 398 g/mol. The van der Waals surface area contributed by atoms with Gasteiger partial charge in [0.1, 0.15) is 11.3 Å². The van der Waals surface area contributed by atoms with E-state index in [1.807, 2.05) is 26.8 Å². The number of anilines is 1. The number of hydrogen-bond acceptors (Lipinski definition) is 5. The summed E-state index contributed by atoms with van der Waals surface area (Å²) in [4.78, 5) is 36.9. The second-order valence-corrected chi connectivity index (χ2v) is 6.98. The third kappa shape index (κ3) is 6.34. The van der Waals surface area contributed by atoms with E-state index in [4.69, 9.17) is 9.47 Å². The molecule has 2 N–H and O–H groups in total. The van der Waals surface area contributed by atoms with Gasteiger partial charge in [-0.1, -0.05) is 37.6 Å². The highest BCUT2D eigenvalue weighted by molar-refractivity contribution is 6.04. The van der Waals surface area contributed by atoms with Crippen LogP contribution in [-0.2, 0) is 9.53 Å². The van der Waals surface area contributed by atoms with Crippen LogP contribution in [0.3, 0.4) is 0 Å². The molecule has 0 heterocycles. The average Bonchev–Trinajstić information content (AvgIpc) is 2.70. The van der Waals surface area contributed by atoms with Crippen molar-refractivity contribution in [1.29, 1.82) is 0 Å². The lowest BCUT2D eigenvalue weighted by atomic mass is 10.1. The SMILES string of the molecule is COc1ccc(C)cc1C(=O)OCC(=O)Nc1ccccc1C(=O)NCC(C)C. The Morgan fingerprint density at radius 3 is 2.45 bits per heavy atom. The Balaban J connectivity index is 2.01. The molecule has 0 aromatic heterocycles. The summed E-state index contributed by atoms with van der Waals surface area (Å²) in [6.45, 7) is 5.86. The first-order chi connectivity index (χ1) is 13.8. The summed E-state index contributed by atoms with van der Waals surface area (Å²) < 4.78 is 10.3. The number of aryl methyl sites for hydroxylation is 1. The fourth-order valence-corrected chi connectivity index (χ4v) is 2.56. The second-order valence-electron chi connectivity index (χ2n) is 6.98. The number of benzene rings is 2. The van der Waals surface area contributed by atoms with Crippen molar-refractivity contribution in [1.82, 2.24) is 5.32 Å². The molecular formula is C22H26N2O5. The number of methoxy groups -OCH3 is 1. The van der Waals surface area contributed by atoms with Crippen molar-refractivity contribution in [3.05, 3.63) is 59.2 Å². The Kier molecular flexibility index (Phi) is 7.77. The highest BCUT2D eigenvalue weighted by Crippen LogP contribution is 2.20. The first-order valence-corrected chi connectivity index (χ1v) is 9.30. The van der Waals surface area contributed by atoms with E-state index in [0.29, 0.717) is 29.5 Å². The number of nitrogens with one attached hydrogen (secondary N) is 2. The summed E-state index contributed by atoms with van der Waals surface area (Å²) in [7, 11) is 1.45. The van der Waals surface area contributed by atoms with Crippen LogP contribution < -0.4 is 15.4 Å². The van der Waals surface area contributed by atoms with Gasteiger partial charge in [-0.05, 0) is 37.1 Å². The molecule has 0 saturated carbocycles. The van der Waals surface area contributed by atoms with E-state index in [9.17, 15) is 14.4 Å². The van der Waals surface area contributed by atoms with Gasteiger partial charge in [-0.25, -0.2) is 4.79 Å². The molecule has 0 aliphatic heterocycles. The zero-order chi connectivity index (χ0) is 21.4. The molecular weight excluding hydrogens is 372 g/mol. The van der Waals surface area contributed by atoms with Gasteiger partial charge in [-0.15, -0.1) is 0 Å². The van der Waals surface area contributed by atoms with Gasteiger partial charge >= 0.3 is 5.97 Å². The smallest absolute Gasteiger partial charge is 0.342 e. The summed E-state index contributed by atoms with van der Waals surface area (Å²) in [6.07, 6.45) is 0. The van der Waals surface area contributed by atoms with Gasteiger partial charge in [-0.2, -0.15) is 0 Å². The molecule has 0 spiro atoms. The predicted octanol–water partition coefficient (Wildman–Crippen LogP) is 3.18. The zero-order valence-electron chi connectivity index (χ0n) is 17.1. The highest BCUT2D eigenvalue weighted by Gasteiger charge is 2.17. The minimum atomic E-state index is -0.663. The van der Waals surface area contributed by atoms with Crippen LogP contribution in [0.4, 0.5) is 5.69 Å². The van der Waals surface area contributed by atoms with E-state index in [1.54, 1.807) is 36.4 Å². The second kappa shape index (κ2) is 10.3. The number of hydrogen-bond donors (Lipinski definition) is 2. The lowest BCUT2D eigenvalue weighted by molar-refractivity contribution is -0.119. The third-order valence-electron chi connectivity index (χ3n) is 4.03. The van der Waals surface area contributed by atoms with Crippen molar-refractivity contribution < 1.29 is 23.9 Å². The Labute approximate surface area is 170 Å². The van der Waals surface area contributed by atoms with Gasteiger partial charge in [0.25, 0.3) is 11.8 Å². The van der Waals surface area contributed by atoms with Crippen molar-refractivity contribution >= 4 is 23.5 Å². The molecule has 2 aromatic rings. The van der Waals surface area contributed by atoms with E-state index >= 15 is 0 Å². The van der Waals surface area contributed by atoms with Crippen LogP contribution in [-0.4, -0.2) is 38.0 Å². The van der Waals surface area contributed by atoms with Crippen LogP contribution in [0, 0.1) is 12.8 Å². The maximum absolute atomic E-state index is 12.3. The minimum absolute atomic E-state index is 0.244. The highest BCUT2D eigenvalue weighted by atomic mass is 16.5. The molecule has 0 fully saturated rings. The molecule has 0 atom stereocenters. The topological polar surface area (TPSA) is 93.7 Å². The van der Waals surface area contributed by atoms with E-state index < -0.39 is 18.5 Å². The van der Waals surface area contributed by atoms with Crippen molar-refractivity contribution in [2.75, 3.05) is 25.6 Å². The van der Waals surface area contributed by atoms with Crippen LogP contribution in [0.1, 0.15) is 40.1 Å². The van der Waals surface area contributed by atoms with Crippen molar-refractivity contribution in [2.45, 2.75) is 20.8 Å². The first-order valence-electron chi connectivity index (χ1n) is 9.30. The molecule has 29 heavy (non-hydrogen) atoms. The van der Waals surface area contributed by atoms with Crippen LogP contribution in [0.2, 0.25) is 0 Å². The maximum atomic E-state index is 12.3. The third-order valence-corrected chi connectivity index (χ3v) is 4.03. The molecule has 0 saturated heterocycles. The number of carbonyl (C=O) groups is 3. The largest absolute Gasteiger partial charge is 0.496 e. The lowest BCUT2D eigenvalue weighted by Gasteiger charge is -2.13. The number of para-hydroxylation sites is 1. The van der Waals surface area contributed by atoms with Gasteiger partial charge in [0, 0.05) is 6.54 Å². The summed E-state index contributed by atoms with van der Waals surface area (Å²) >= 11 is 0. The van der Waals surface area contributed by atoms with Crippen LogP contribution in [0.25, 0.3) is 0 Å². The number of ether oxygens (including phenoxy) is 2. The quantitative estimate of drug-likeness (QED) is 0.666. The van der Waals surface area contributed by atoms with Gasteiger partial charge in [0.15, 0.2) is 6.61 Å². The number of rotatable bonds is 8. The summed E-state index contributed by atoms with van der Waals surface area (Å²) in [6, 6.07) is 11.8. The maximum Gasteiger partial charge on any atom is 0.342 e. The molecule has 0 aliphatic rings. The standard InChI is InChI=1S/C22H26N2O5/c1-14(2)12-23-21(26)16-7-5-6-8-18(16)24-20(25)13-29-22(27)17-11-15(3)9-10-19(17)28-4/h5-11,14H,12-13H2,1-4H3,(H,23,26)(H,24,25). The minimum Gasteiger partial charge on any atom is -0.496 e. The molecule has 0 radical (unpaired) electrons. The van der Waals surface area contributed by atoms with E-state index in [0.717, 1.165) is 5.56 Å². The summed E-state index contributed by atoms with van der Waals surface area (Å²) in [5, 5.41) is 5.43. The van der Waals surface area contributed by atoms with E-state index in [2.05, 4.69) is 10.6 Å². The lowest BCUT2D eigenvalue weighted by Crippen LogP contribution is -2.29. The molecule has 7 heteroatoms. The van der Waals surface area contributed by atoms with Gasteiger partial charge in [0.05, 0.1) is 18.4 Å². The Bertz CT molecular complexity index is 893. The Morgan fingerprint density at radius 2 is 1.76 bits per heavy atom. The summed E-state index contributed by atoms with van der Waals surface area (Å²) in [5.74, 6) is -0.819. The number of amides is 2. The number of esters is 1. The zero-order valence-corrected chi connectivity index (χ0v) is 17.1. The molecule has 2 amide bonds. The molecule has 0 unspecified atom stereocenters. The van der Waals surface area contributed by atoms with E-state index in [-0.39, 0.29) is 11.5 Å². The Hall–Kier alpha value is -3.35. The normalized spacial score (nSPS) is 10.4. The Morgan fingerprint density at radius 1 is 1.03 bits per heavy atom. The average molecular weight is 398 g/mol. The molecule has 0 bridgehead atoms. The van der Waals surface area contributed by atoms with Crippen molar-refractivity contribution in [3.63, 3.8) is 0 Å². The van der Waals surface area contributed by atoms with Crippen LogP contribution in [0.15, 0.2) is 42.5 Å². The predicted molar refractivity (Wildman–Crippen MR) is 110 cm³/mol. The molecule has 154 valence electrons. The van der Waals surface area contributed by atoms with Gasteiger partial charge in [-0.3, -0.25) is 9.59 Å². The van der Waals surface area contributed by atoms with Crippen LogP contribution >= 0.6 is 0 Å². The molecule has 2 rings (SSSR count). The van der Waals surface area contributed by atoms with Gasteiger partial charge < -0.3 is 20.1 Å². The first kappa shape index (κ1) is 21.9. The molecule has 2 aromatic carbocycles. The summed E-state index contributed by atoms with van der Waals surface area (Å²) in [5.41, 5.74) is 1.80. The molecule has 7 nitrogen and oxygen atoms in total. The van der Waals surface area contributed by atoms with Crippen molar-refractivity contribution in [2.24, 2.45) is 5.92 Å². The van der Waals surface area contributed by atoms with Crippen LogP contribution in [0.5, 0.6) is 5.75 Å². The fraction of sp³-hybridized carbons (Fsp3) is 0.318. The fourth-order valence-electron chi connectivity index (χ4n) is 2.56. The van der Waals surface area contributed by atoms with E-state index in [1.165, 1.54) is 7.11 Å². The van der Waals surface area contributed by atoms with Gasteiger partial charge in [0.2, 0.25) is 0 Å².